The van der Waals surface area contributed by atoms with E-state index in [4.69, 9.17) is 0 Å². The fourth-order valence-electron chi connectivity index (χ4n) is 2.39. The van der Waals surface area contributed by atoms with Gasteiger partial charge in [0.05, 0.1) is 5.54 Å². The Morgan fingerprint density at radius 2 is 2.11 bits per heavy atom. The number of hydrogen-bond acceptors (Lipinski definition) is 5. The van der Waals surface area contributed by atoms with E-state index in [1.54, 1.807) is 11.3 Å². The van der Waals surface area contributed by atoms with Gasteiger partial charge in [0.1, 0.15) is 0 Å². The van der Waals surface area contributed by atoms with Crippen LogP contribution in [0.4, 0.5) is 5.13 Å². The Morgan fingerprint density at radius 3 is 2.63 bits per heavy atom. The van der Waals surface area contributed by atoms with Crippen molar-refractivity contribution in [2.24, 2.45) is 0 Å². The van der Waals surface area contributed by atoms with E-state index in [1.807, 2.05) is 37.2 Å². The zero-order valence-corrected chi connectivity index (χ0v) is 12.7. The fourth-order valence-corrected chi connectivity index (χ4v) is 3.08. The van der Waals surface area contributed by atoms with Crippen molar-refractivity contribution < 1.29 is 4.79 Å². The molecular formula is C13H22N4OS. The van der Waals surface area contributed by atoms with Gasteiger partial charge in [0, 0.05) is 37.8 Å². The standard InChI is InChI=1S/C13H22N4OS/c1-4-15-13(2,3)11(18)16-6-8-17(9-7-16)12-14-5-10-19-12/h5,10,15H,4,6-9H2,1-3H3. The van der Waals surface area contributed by atoms with Crippen LogP contribution in [0, 0.1) is 0 Å². The zero-order chi connectivity index (χ0) is 13.9. The van der Waals surface area contributed by atoms with Gasteiger partial charge in [0.15, 0.2) is 5.13 Å². The number of thiazole rings is 1. The van der Waals surface area contributed by atoms with E-state index in [0.717, 1.165) is 37.9 Å². The second kappa shape index (κ2) is 5.88. The quantitative estimate of drug-likeness (QED) is 0.901. The van der Waals surface area contributed by atoms with Crippen LogP contribution in [0.1, 0.15) is 20.8 Å². The number of amides is 1. The molecule has 1 aromatic heterocycles. The van der Waals surface area contributed by atoms with Gasteiger partial charge in [0.25, 0.3) is 0 Å². The molecule has 19 heavy (non-hydrogen) atoms. The molecule has 1 N–H and O–H groups in total. The first-order chi connectivity index (χ1) is 9.04. The fraction of sp³-hybridized carbons (Fsp3) is 0.692. The van der Waals surface area contributed by atoms with Crippen LogP contribution >= 0.6 is 11.3 Å². The molecule has 5 nitrogen and oxygen atoms in total. The van der Waals surface area contributed by atoms with Gasteiger partial charge in [0.2, 0.25) is 5.91 Å². The molecule has 2 rings (SSSR count). The molecule has 0 aliphatic carbocycles. The summed E-state index contributed by atoms with van der Waals surface area (Å²) >= 11 is 1.65. The minimum absolute atomic E-state index is 0.188. The average molecular weight is 282 g/mol. The van der Waals surface area contributed by atoms with Crippen molar-refractivity contribution in [3.8, 4) is 0 Å². The van der Waals surface area contributed by atoms with Crippen LogP contribution < -0.4 is 10.2 Å². The van der Waals surface area contributed by atoms with Crippen molar-refractivity contribution >= 4 is 22.4 Å². The molecule has 1 aromatic rings. The Labute approximate surface area is 118 Å². The number of aromatic nitrogens is 1. The Bertz CT molecular complexity index is 410. The molecule has 1 saturated heterocycles. The van der Waals surface area contributed by atoms with Crippen LogP contribution in [-0.4, -0.2) is 54.1 Å². The van der Waals surface area contributed by atoms with E-state index in [2.05, 4.69) is 15.2 Å². The first-order valence-corrected chi connectivity index (χ1v) is 7.61. The summed E-state index contributed by atoms with van der Waals surface area (Å²) in [6.45, 7) is 9.99. The third kappa shape index (κ3) is 3.25. The maximum atomic E-state index is 12.4. The second-order valence-electron chi connectivity index (χ2n) is 5.25. The van der Waals surface area contributed by atoms with Gasteiger partial charge >= 0.3 is 0 Å². The zero-order valence-electron chi connectivity index (χ0n) is 11.8. The summed E-state index contributed by atoms with van der Waals surface area (Å²) in [5, 5.41) is 6.28. The molecular weight excluding hydrogens is 260 g/mol. The minimum atomic E-state index is -0.474. The van der Waals surface area contributed by atoms with E-state index in [-0.39, 0.29) is 5.91 Å². The molecule has 0 spiro atoms. The molecule has 0 atom stereocenters. The highest BCUT2D eigenvalue weighted by molar-refractivity contribution is 7.13. The predicted octanol–water partition coefficient (Wildman–Crippen LogP) is 1.18. The highest BCUT2D eigenvalue weighted by Crippen LogP contribution is 2.20. The maximum absolute atomic E-state index is 12.4. The molecule has 1 fully saturated rings. The van der Waals surface area contributed by atoms with Crippen molar-refractivity contribution in [3.05, 3.63) is 11.6 Å². The van der Waals surface area contributed by atoms with E-state index < -0.39 is 5.54 Å². The van der Waals surface area contributed by atoms with E-state index in [9.17, 15) is 4.79 Å². The van der Waals surface area contributed by atoms with Crippen LogP contribution in [0.15, 0.2) is 11.6 Å². The molecule has 0 radical (unpaired) electrons. The number of anilines is 1. The largest absolute Gasteiger partial charge is 0.345 e. The Kier molecular flexibility index (Phi) is 4.42. The van der Waals surface area contributed by atoms with Crippen molar-refractivity contribution in [3.63, 3.8) is 0 Å². The lowest BCUT2D eigenvalue weighted by Gasteiger charge is -2.38. The lowest BCUT2D eigenvalue weighted by Crippen LogP contribution is -2.58. The molecule has 1 aliphatic rings. The van der Waals surface area contributed by atoms with Gasteiger partial charge in [-0.15, -0.1) is 11.3 Å². The van der Waals surface area contributed by atoms with Crippen molar-refractivity contribution in [2.45, 2.75) is 26.3 Å². The first-order valence-electron chi connectivity index (χ1n) is 6.73. The van der Waals surface area contributed by atoms with Crippen molar-refractivity contribution in [2.75, 3.05) is 37.6 Å². The Hall–Kier alpha value is -1.14. The number of nitrogens with zero attached hydrogens (tertiary/aromatic N) is 3. The third-order valence-electron chi connectivity index (χ3n) is 3.41. The molecule has 0 unspecified atom stereocenters. The molecule has 106 valence electrons. The summed E-state index contributed by atoms with van der Waals surface area (Å²) in [6.07, 6.45) is 1.83. The number of carbonyl (C=O) groups is 1. The number of likely N-dealkylation sites (N-methyl/N-ethyl adjacent to an activating group) is 1. The van der Waals surface area contributed by atoms with Gasteiger partial charge in [-0.05, 0) is 20.4 Å². The van der Waals surface area contributed by atoms with Crippen LogP contribution in [0.3, 0.4) is 0 Å². The molecule has 2 heterocycles. The van der Waals surface area contributed by atoms with E-state index in [1.165, 1.54) is 0 Å². The lowest BCUT2D eigenvalue weighted by molar-refractivity contribution is -0.137. The van der Waals surface area contributed by atoms with Crippen molar-refractivity contribution in [1.82, 2.24) is 15.2 Å². The topological polar surface area (TPSA) is 48.5 Å². The summed E-state index contributed by atoms with van der Waals surface area (Å²) < 4.78 is 0. The van der Waals surface area contributed by atoms with Gasteiger partial charge in [-0.3, -0.25) is 4.79 Å². The molecule has 1 amide bonds. The Balaban J connectivity index is 1.91. The van der Waals surface area contributed by atoms with Gasteiger partial charge in [-0.1, -0.05) is 6.92 Å². The summed E-state index contributed by atoms with van der Waals surface area (Å²) in [5.41, 5.74) is -0.474. The molecule has 0 bridgehead atoms. The second-order valence-corrected chi connectivity index (χ2v) is 6.12. The molecule has 6 heteroatoms. The normalized spacial score (nSPS) is 16.8. The first kappa shape index (κ1) is 14.3. The molecule has 0 saturated carbocycles. The lowest BCUT2D eigenvalue weighted by atomic mass is 10.0. The van der Waals surface area contributed by atoms with E-state index >= 15 is 0 Å². The highest BCUT2D eigenvalue weighted by atomic mass is 32.1. The maximum Gasteiger partial charge on any atom is 0.242 e. The summed E-state index contributed by atoms with van der Waals surface area (Å²) in [4.78, 5) is 20.9. The van der Waals surface area contributed by atoms with E-state index in [0.29, 0.717) is 0 Å². The predicted molar refractivity (Wildman–Crippen MR) is 78.7 cm³/mol. The number of carbonyl (C=O) groups excluding carboxylic acids is 1. The summed E-state index contributed by atoms with van der Waals surface area (Å²) in [5.74, 6) is 0.188. The smallest absolute Gasteiger partial charge is 0.242 e. The summed E-state index contributed by atoms with van der Waals surface area (Å²) in [6, 6.07) is 0. The number of nitrogens with one attached hydrogen (secondary N) is 1. The number of hydrogen-bond donors (Lipinski definition) is 1. The van der Waals surface area contributed by atoms with Crippen LogP contribution in [0.5, 0.6) is 0 Å². The minimum Gasteiger partial charge on any atom is -0.345 e. The number of rotatable bonds is 4. The Morgan fingerprint density at radius 1 is 1.42 bits per heavy atom. The molecule has 0 aromatic carbocycles. The molecule has 1 aliphatic heterocycles. The van der Waals surface area contributed by atoms with Gasteiger partial charge < -0.3 is 15.1 Å². The van der Waals surface area contributed by atoms with Gasteiger partial charge in [-0.25, -0.2) is 4.98 Å². The van der Waals surface area contributed by atoms with Crippen LogP contribution in [0.25, 0.3) is 0 Å². The third-order valence-corrected chi connectivity index (χ3v) is 4.24. The van der Waals surface area contributed by atoms with Crippen LogP contribution in [0.2, 0.25) is 0 Å². The SMILES string of the molecule is CCNC(C)(C)C(=O)N1CCN(c2nccs2)CC1. The summed E-state index contributed by atoms with van der Waals surface area (Å²) in [7, 11) is 0. The van der Waals surface area contributed by atoms with Crippen LogP contribution in [-0.2, 0) is 4.79 Å². The van der Waals surface area contributed by atoms with Gasteiger partial charge in [-0.2, -0.15) is 0 Å². The number of piperazine rings is 1. The average Bonchev–Trinajstić information content (AvgIpc) is 2.92. The van der Waals surface area contributed by atoms with Crippen molar-refractivity contribution in [1.29, 1.82) is 0 Å². The highest BCUT2D eigenvalue weighted by Gasteiger charge is 2.33. The monoisotopic (exact) mass is 282 g/mol.